The van der Waals surface area contributed by atoms with Crippen LogP contribution in [0.25, 0.3) is 0 Å². The van der Waals surface area contributed by atoms with Gasteiger partial charge in [0.1, 0.15) is 11.6 Å². The minimum atomic E-state index is -0.333. The molecule has 0 spiro atoms. The molecule has 106 valence electrons. The zero-order valence-electron chi connectivity index (χ0n) is 11.5. The fraction of sp³-hybridized carbons (Fsp3) is 0.250. The molecule has 1 aliphatic rings. The van der Waals surface area contributed by atoms with Gasteiger partial charge in [0, 0.05) is 32.4 Å². The first-order valence-corrected chi connectivity index (χ1v) is 6.88. The van der Waals surface area contributed by atoms with Crippen molar-refractivity contribution in [1.82, 2.24) is 4.98 Å². The van der Waals surface area contributed by atoms with Crippen LogP contribution in [0.1, 0.15) is 5.56 Å². The summed E-state index contributed by atoms with van der Waals surface area (Å²) in [6.07, 6.45) is 1.78. The van der Waals surface area contributed by atoms with Gasteiger partial charge in [-0.15, -0.1) is 0 Å². The van der Waals surface area contributed by atoms with Crippen LogP contribution in [-0.2, 0) is 0 Å². The lowest BCUT2D eigenvalue weighted by molar-refractivity contribution is 0.596. The lowest BCUT2D eigenvalue weighted by Crippen LogP contribution is -2.47. The molecule has 3 rings (SSSR count). The molecule has 0 N–H and O–H groups in total. The van der Waals surface area contributed by atoms with Crippen LogP contribution in [0, 0.1) is 17.1 Å². The third kappa shape index (κ3) is 2.79. The van der Waals surface area contributed by atoms with E-state index in [2.05, 4.69) is 9.88 Å². The molecule has 1 fully saturated rings. The summed E-state index contributed by atoms with van der Waals surface area (Å²) in [5, 5.41) is 8.78. The Morgan fingerprint density at radius 2 is 1.81 bits per heavy atom. The monoisotopic (exact) mass is 282 g/mol. The predicted octanol–water partition coefficient (Wildman–Crippen LogP) is 2.42. The van der Waals surface area contributed by atoms with Gasteiger partial charge in [0.25, 0.3) is 0 Å². The number of anilines is 2. The summed E-state index contributed by atoms with van der Waals surface area (Å²) in [6, 6.07) is 12.4. The van der Waals surface area contributed by atoms with E-state index in [-0.39, 0.29) is 5.82 Å². The first-order valence-electron chi connectivity index (χ1n) is 6.88. The fourth-order valence-corrected chi connectivity index (χ4v) is 2.55. The van der Waals surface area contributed by atoms with E-state index in [1.807, 2.05) is 29.2 Å². The molecular weight excluding hydrogens is 267 g/mol. The average molecular weight is 282 g/mol. The number of nitrogens with zero attached hydrogens (tertiary/aromatic N) is 4. The predicted molar refractivity (Wildman–Crippen MR) is 79.8 cm³/mol. The highest BCUT2D eigenvalue weighted by Gasteiger charge is 2.20. The Morgan fingerprint density at radius 3 is 2.43 bits per heavy atom. The summed E-state index contributed by atoms with van der Waals surface area (Å²) in [4.78, 5) is 8.54. The quantitative estimate of drug-likeness (QED) is 0.848. The smallest absolute Gasteiger partial charge is 0.147 e. The summed E-state index contributed by atoms with van der Waals surface area (Å²) in [5.41, 5.74) is 0.915. The van der Waals surface area contributed by atoms with E-state index < -0.39 is 0 Å². The third-order valence-electron chi connectivity index (χ3n) is 3.67. The van der Waals surface area contributed by atoms with Gasteiger partial charge in [-0.1, -0.05) is 6.07 Å². The Bertz CT molecular complexity index is 658. The van der Waals surface area contributed by atoms with Crippen molar-refractivity contribution in [2.24, 2.45) is 0 Å². The van der Waals surface area contributed by atoms with Crippen molar-refractivity contribution >= 4 is 11.5 Å². The number of hydrogen-bond donors (Lipinski definition) is 0. The molecule has 0 bridgehead atoms. The molecule has 1 aromatic carbocycles. The highest BCUT2D eigenvalue weighted by Crippen LogP contribution is 2.23. The molecule has 1 aliphatic heterocycles. The largest absolute Gasteiger partial charge is 0.366 e. The van der Waals surface area contributed by atoms with Crippen molar-refractivity contribution in [1.29, 1.82) is 5.26 Å². The maximum atomic E-state index is 14.0. The van der Waals surface area contributed by atoms with Crippen molar-refractivity contribution in [2.45, 2.75) is 0 Å². The second-order valence-electron chi connectivity index (χ2n) is 4.94. The van der Waals surface area contributed by atoms with Crippen LogP contribution in [0.3, 0.4) is 0 Å². The number of rotatable bonds is 2. The Balaban J connectivity index is 1.70. The first-order chi connectivity index (χ1) is 10.3. The van der Waals surface area contributed by atoms with E-state index >= 15 is 0 Å². The van der Waals surface area contributed by atoms with E-state index in [9.17, 15) is 4.39 Å². The minimum absolute atomic E-state index is 0.333. The lowest BCUT2D eigenvalue weighted by atomic mass is 10.2. The van der Waals surface area contributed by atoms with Crippen LogP contribution >= 0.6 is 0 Å². The lowest BCUT2D eigenvalue weighted by Gasteiger charge is -2.36. The molecule has 21 heavy (non-hydrogen) atoms. The van der Waals surface area contributed by atoms with Gasteiger partial charge in [-0.2, -0.15) is 5.26 Å². The van der Waals surface area contributed by atoms with Crippen LogP contribution in [-0.4, -0.2) is 31.2 Å². The summed E-state index contributed by atoms with van der Waals surface area (Å²) in [7, 11) is 0. The second kappa shape index (κ2) is 5.80. The molecule has 0 atom stereocenters. The summed E-state index contributed by atoms with van der Waals surface area (Å²) < 4.78 is 14.0. The van der Waals surface area contributed by atoms with Gasteiger partial charge in [-0.25, -0.2) is 9.37 Å². The normalized spacial score (nSPS) is 14.9. The molecule has 1 saturated heterocycles. The summed E-state index contributed by atoms with van der Waals surface area (Å²) in [6.45, 7) is 3.08. The fourth-order valence-electron chi connectivity index (χ4n) is 2.55. The van der Waals surface area contributed by atoms with Gasteiger partial charge in [0.15, 0.2) is 0 Å². The molecule has 0 aliphatic carbocycles. The highest BCUT2D eigenvalue weighted by molar-refractivity contribution is 5.53. The van der Waals surface area contributed by atoms with E-state index in [4.69, 9.17) is 5.26 Å². The highest BCUT2D eigenvalue weighted by atomic mass is 19.1. The maximum absolute atomic E-state index is 14.0. The minimum Gasteiger partial charge on any atom is -0.366 e. The van der Waals surface area contributed by atoms with Crippen molar-refractivity contribution in [3.63, 3.8) is 0 Å². The number of hydrogen-bond acceptors (Lipinski definition) is 4. The maximum Gasteiger partial charge on any atom is 0.147 e. The number of benzene rings is 1. The standard InChI is InChI=1S/C16H15FN4/c17-14-11-13(12-18)4-5-15(14)20-7-9-21(10-8-20)16-3-1-2-6-19-16/h1-6,11H,7-10H2. The molecule has 0 saturated carbocycles. The summed E-state index contributed by atoms with van der Waals surface area (Å²) in [5.74, 6) is 0.623. The van der Waals surface area contributed by atoms with Crippen LogP contribution in [0.15, 0.2) is 42.6 Å². The van der Waals surface area contributed by atoms with Crippen LogP contribution in [0.5, 0.6) is 0 Å². The Hall–Kier alpha value is -2.61. The molecule has 0 unspecified atom stereocenters. The van der Waals surface area contributed by atoms with Crippen LogP contribution in [0.2, 0.25) is 0 Å². The number of halogens is 1. The number of pyridine rings is 1. The molecule has 5 heteroatoms. The SMILES string of the molecule is N#Cc1ccc(N2CCN(c3ccccn3)CC2)c(F)c1. The molecule has 0 amide bonds. The zero-order chi connectivity index (χ0) is 14.7. The van der Waals surface area contributed by atoms with Crippen LogP contribution < -0.4 is 9.80 Å². The van der Waals surface area contributed by atoms with Crippen LogP contribution in [0.4, 0.5) is 15.9 Å². The first kappa shape index (κ1) is 13.4. The molecule has 4 nitrogen and oxygen atoms in total. The second-order valence-corrected chi connectivity index (χ2v) is 4.94. The summed E-state index contributed by atoms with van der Waals surface area (Å²) >= 11 is 0. The average Bonchev–Trinajstić information content (AvgIpc) is 2.56. The van der Waals surface area contributed by atoms with Crippen molar-refractivity contribution in [3.8, 4) is 6.07 Å². The number of aromatic nitrogens is 1. The number of nitriles is 1. The van der Waals surface area contributed by atoms with Gasteiger partial charge in [-0.05, 0) is 30.3 Å². The van der Waals surface area contributed by atoms with E-state index in [0.29, 0.717) is 11.3 Å². The van der Waals surface area contributed by atoms with E-state index in [1.54, 1.807) is 18.3 Å². The van der Waals surface area contributed by atoms with E-state index in [0.717, 1.165) is 32.0 Å². The van der Waals surface area contributed by atoms with Gasteiger partial charge < -0.3 is 9.80 Å². The third-order valence-corrected chi connectivity index (χ3v) is 3.67. The van der Waals surface area contributed by atoms with Gasteiger partial charge in [-0.3, -0.25) is 0 Å². The molecular formula is C16H15FN4. The van der Waals surface area contributed by atoms with Gasteiger partial charge in [0.2, 0.25) is 0 Å². The van der Waals surface area contributed by atoms with Crippen molar-refractivity contribution in [3.05, 3.63) is 54.0 Å². The van der Waals surface area contributed by atoms with Gasteiger partial charge >= 0.3 is 0 Å². The van der Waals surface area contributed by atoms with Crippen molar-refractivity contribution in [2.75, 3.05) is 36.0 Å². The van der Waals surface area contributed by atoms with Crippen molar-refractivity contribution < 1.29 is 4.39 Å². The molecule has 2 heterocycles. The Kier molecular flexibility index (Phi) is 3.69. The molecule has 2 aromatic rings. The van der Waals surface area contributed by atoms with E-state index in [1.165, 1.54) is 6.07 Å². The van der Waals surface area contributed by atoms with Gasteiger partial charge in [0.05, 0.1) is 17.3 Å². The Labute approximate surface area is 123 Å². The molecule has 1 aromatic heterocycles. The molecule has 0 radical (unpaired) electrons. The Morgan fingerprint density at radius 1 is 1.05 bits per heavy atom. The topological polar surface area (TPSA) is 43.2 Å². The number of piperazine rings is 1. The zero-order valence-corrected chi connectivity index (χ0v) is 11.5.